The molecule has 1 fully saturated rings. The highest BCUT2D eigenvalue weighted by atomic mass is 32.1. The van der Waals surface area contributed by atoms with Crippen LogP contribution >= 0.6 is 12.2 Å². The van der Waals surface area contributed by atoms with E-state index in [9.17, 15) is 0 Å². The Balaban J connectivity index is 1.83. The SMILES string of the molecule is Cc1ccc2c(c1)CCCN2c1n[nH]c(=S)n1C1CC1. The zero-order valence-corrected chi connectivity index (χ0v) is 12.4. The predicted octanol–water partition coefficient (Wildman–Crippen LogP) is 3.67. The third-order valence-electron chi connectivity index (χ3n) is 4.19. The molecule has 1 aliphatic carbocycles. The molecular formula is C15H18N4S. The molecule has 1 aromatic carbocycles. The van der Waals surface area contributed by atoms with Crippen molar-refractivity contribution < 1.29 is 0 Å². The fourth-order valence-corrected chi connectivity index (χ4v) is 3.36. The fourth-order valence-electron chi connectivity index (χ4n) is 3.08. The van der Waals surface area contributed by atoms with Gasteiger partial charge in [0.05, 0.1) is 0 Å². The number of nitrogens with one attached hydrogen (secondary N) is 1. The van der Waals surface area contributed by atoms with Crippen LogP contribution in [0.4, 0.5) is 11.6 Å². The first-order valence-corrected chi connectivity index (χ1v) is 7.69. The van der Waals surface area contributed by atoms with Crippen LogP contribution in [-0.2, 0) is 6.42 Å². The summed E-state index contributed by atoms with van der Waals surface area (Å²) in [5, 5.41) is 7.47. The van der Waals surface area contributed by atoms with E-state index in [0.717, 1.165) is 23.7 Å². The molecule has 1 aromatic heterocycles. The summed E-state index contributed by atoms with van der Waals surface area (Å²) >= 11 is 5.40. The second kappa shape index (κ2) is 4.45. The topological polar surface area (TPSA) is 36.9 Å². The zero-order valence-electron chi connectivity index (χ0n) is 11.6. The van der Waals surface area contributed by atoms with Crippen molar-refractivity contribution >= 4 is 23.9 Å². The quantitative estimate of drug-likeness (QED) is 0.856. The Labute approximate surface area is 123 Å². The van der Waals surface area contributed by atoms with Crippen molar-refractivity contribution in [3.8, 4) is 0 Å². The largest absolute Gasteiger partial charge is 0.310 e. The van der Waals surface area contributed by atoms with Gasteiger partial charge < -0.3 is 4.90 Å². The first kappa shape index (κ1) is 12.1. The van der Waals surface area contributed by atoms with Crippen molar-refractivity contribution in [1.82, 2.24) is 14.8 Å². The second-order valence-electron chi connectivity index (χ2n) is 5.82. The average Bonchev–Trinajstić information content (AvgIpc) is 3.21. The molecule has 2 aliphatic rings. The number of H-pyrrole nitrogens is 1. The summed E-state index contributed by atoms with van der Waals surface area (Å²) in [4.78, 5) is 2.32. The predicted molar refractivity (Wildman–Crippen MR) is 82.2 cm³/mol. The molecule has 1 aliphatic heterocycles. The zero-order chi connectivity index (χ0) is 13.7. The highest BCUT2D eigenvalue weighted by Gasteiger charge is 2.31. The molecule has 104 valence electrons. The number of aryl methyl sites for hydroxylation is 2. The lowest BCUT2D eigenvalue weighted by atomic mass is 10.00. The van der Waals surface area contributed by atoms with Gasteiger partial charge >= 0.3 is 0 Å². The van der Waals surface area contributed by atoms with Crippen LogP contribution in [0.2, 0.25) is 0 Å². The van der Waals surface area contributed by atoms with E-state index < -0.39 is 0 Å². The number of aromatic nitrogens is 3. The van der Waals surface area contributed by atoms with Gasteiger partial charge in [0.2, 0.25) is 5.95 Å². The van der Waals surface area contributed by atoms with Crippen molar-refractivity contribution in [2.24, 2.45) is 0 Å². The lowest BCUT2D eigenvalue weighted by Gasteiger charge is -2.30. The summed E-state index contributed by atoms with van der Waals surface area (Å²) in [6, 6.07) is 7.25. The Hall–Kier alpha value is -1.62. The smallest absolute Gasteiger partial charge is 0.230 e. The third kappa shape index (κ3) is 1.88. The molecule has 4 rings (SSSR count). The van der Waals surface area contributed by atoms with Crippen LogP contribution in [0.25, 0.3) is 0 Å². The lowest BCUT2D eigenvalue weighted by molar-refractivity contribution is 0.684. The number of benzene rings is 1. The van der Waals surface area contributed by atoms with Crippen LogP contribution in [0, 0.1) is 11.7 Å². The Kier molecular flexibility index (Phi) is 2.70. The summed E-state index contributed by atoms with van der Waals surface area (Å²) in [7, 11) is 0. The summed E-state index contributed by atoms with van der Waals surface area (Å²) in [5.41, 5.74) is 4.04. The maximum atomic E-state index is 5.40. The highest BCUT2D eigenvalue weighted by Crippen LogP contribution is 2.40. The Morgan fingerprint density at radius 1 is 1.35 bits per heavy atom. The van der Waals surface area contributed by atoms with Gasteiger partial charge in [-0.1, -0.05) is 17.7 Å². The standard InChI is InChI=1S/C15H18N4S/c1-10-4-7-13-11(9-10)3-2-8-18(13)14-16-17-15(20)19(14)12-5-6-12/h4,7,9,12H,2-3,5-6,8H2,1H3,(H,17,20). The van der Waals surface area contributed by atoms with E-state index in [2.05, 4.69) is 44.8 Å². The fraction of sp³-hybridized carbons (Fsp3) is 0.467. The summed E-state index contributed by atoms with van der Waals surface area (Å²) in [6.07, 6.45) is 4.76. The number of rotatable bonds is 2. The van der Waals surface area contributed by atoms with E-state index in [0.29, 0.717) is 6.04 Å². The minimum Gasteiger partial charge on any atom is -0.310 e. The van der Waals surface area contributed by atoms with Gasteiger partial charge in [0.25, 0.3) is 0 Å². The van der Waals surface area contributed by atoms with Gasteiger partial charge in [0.1, 0.15) is 0 Å². The Morgan fingerprint density at radius 3 is 3.00 bits per heavy atom. The van der Waals surface area contributed by atoms with Crippen LogP contribution < -0.4 is 4.90 Å². The maximum Gasteiger partial charge on any atom is 0.230 e. The second-order valence-corrected chi connectivity index (χ2v) is 6.20. The van der Waals surface area contributed by atoms with Gasteiger partial charge in [-0.3, -0.25) is 4.57 Å². The minimum atomic E-state index is 0.548. The number of fused-ring (bicyclic) bond motifs is 1. The van der Waals surface area contributed by atoms with Crippen molar-refractivity contribution in [1.29, 1.82) is 0 Å². The molecule has 1 N–H and O–H groups in total. The van der Waals surface area contributed by atoms with E-state index in [1.807, 2.05) is 0 Å². The molecule has 0 saturated heterocycles. The van der Waals surface area contributed by atoms with E-state index in [4.69, 9.17) is 12.2 Å². The van der Waals surface area contributed by atoms with Crippen LogP contribution in [0.5, 0.6) is 0 Å². The number of aromatic amines is 1. The number of hydrogen-bond acceptors (Lipinski definition) is 3. The number of hydrogen-bond donors (Lipinski definition) is 1. The first-order valence-electron chi connectivity index (χ1n) is 7.28. The average molecular weight is 286 g/mol. The van der Waals surface area contributed by atoms with Crippen LogP contribution in [0.3, 0.4) is 0 Å². The molecule has 0 atom stereocenters. The van der Waals surface area contributed by atoms with E-state index in [1.54, 1.807) is 0 Å². The molecule has 2 heterocycles. The molecule has 0 unspecified atom stereocenters. The van der Waals surface area contributed by atoms with E-state index in [1.165, 1.54) is 36.1 Å². The Bertz CT molecular complexity index is 711. The van der Waals surface area contributed by atoms with Crippen LogP contribution in [-0.4, -0.2) is 21.3 Å². The monoisotopic (exact) mass is 286 g/mol. The third-order valence-corrected chi connectivity index (χ3v) is 4.48. The molecule has 2 aromatic rings. The molecule has 0 amide bonds. The van der Waals surface area contributed by atoms with Gasteiger partial charge in [-0.25, -0.2) is 5.10 Å². The van der Waals surface area contributed by atoms with Gasteiger partial charge in [0.15, 0.2) is 4.77 Å². The summed E-state index contributed by atoms with van der Waals surface area (Å²) in [5.74, 6) is 0.988. The van der Waals surface area contributed by atoms with Crippen LogP contribution in [0.15, 0.2) is 18.2 Å². The minimum absolute atomic E-state index is 0.548. The van der Waals surface area contributed by atoms with E-state index >= 15 is 0 Å². The Morgan fingerprint density at radius 2 is 2.20 bits per heavy atom. The molecule has 4 nitrogen and oxygen atoms in total. The maximum absolute atomic E-state index is 5.40. The van der Waals surface area contributed by atoms with Gasteiger partial charge in [-0.05, 0) is 56.5 Å². The van der Waals surface area contributed by atoms with E-state index in [-0.39, 0.29) is 0 Å². The van der Waals surface area contributed by atoms with Crippen molar-refractivity contribution in [2.75, 3.05) is 11.4 Å². The molecule has 1 saturated carbocycles. The number of anilines is 2. The number of nitrogens with zero attached hydrogens (tertiary/aromatic N) is 3. The first-order chi connectivity index (χ1) is 9.74. The molecule has 0 bridgehead atoms. The van der Waals surface area contributed by atoms with Gasteiger partial charge in [0, 0.05) is 18.3 Å². The normalized spacial score (nSPS) is 18.1. The highest BCUT2D eigenvalue weighted by molar-refractivity contribution is 7.71. The summed E-state index contributed by atoms with van der Waals surface area (Å²) in [6.45, 7) is 3.17. The van der Waals surface area contributed by atoms with Crippen LogP contribution in [0.1, 0.15) is 36.4 Å². The molecular weight excluding hydrogens is 268 g/mol. The molecule has 20 heavy (non-hydrogen) atoms. The molecule has 0 spiro atoms. The summed E-state index contributed by atoms with van der Waals surface area (Å²) < 4.78 is 2.95. The van der Waals surface area contributed by atoms with Crippen molar-refractivity contribution in [3.05, 3.63) is 34.1 Å². The van der Waals surface area contributed by atoms with Crippen molar-refractivity contribution in [2.45, 2.75) is 38.6 Å². The van der Waals surface area contributed by atoms with Crippen molar-refractivity contribution in [3.63, 3.8) is 0 Å². The van der Waals surface area contributed by atoms with Gasteiger partial charge in [-0.15, -0.1) is 5.10 Å². The lowest BCUT2D eigenvalue weighted by Crippen LogP contribution is -2.27. The molecule has 5 heteroatoms. The molecule has 0 radical (unpaired) electrons. The van der Waals surface area contributed by atoms with Gasteiger partial charge in [-0.2, -0.15) is 0 Å².